The summed E-state index contributed by atoms with van der Waals surface area (Å²) in [6.07, 6.45) is -1.49. The Kier molecular flexibility index (Phi) is 14.7. The summed E-state index contributed by atoms with van der Waals surface area (Å²) >= 11 is 0. The number of aliphatic hydroxyl groups is 1. The molecule has 5 atom stereocenters. The van der Waals surface area contributed by atoms with Gasteiger partial charge in [0, 0.05) is 13.0 Å². The van der Waals surface area contributed by atoms with Gasteiger partial charge in [-0.3, -0.25) is 24.6 Å². The molecule has 0 radical (unpaired) electrons. The van der Waals surface area contributed by atoms with Gasteiger partial charge in [-0.2, -0.15) is 0 Å². The van der Waals surface area contributed by atoms with Crippen molar-refractivity contribution in [2.45, 2.75) is 83.1 Å². The standard InChI is InChI=1S/C21H39N7O8/c1-10(2)9-14(27-17(32)12(22)5-4-8-25-21(23)24)18(33)28-16(11(3)29)19(34)26-13(20(35)36)6-7-15(30)31/h10-14,16,29H,4-9,22H2,1-3H3,(H,26,34)(H,27,32)(H,28,33)(H,30,31)(H,35,36)(H4,23,24,25)/t11-,12+,13+,14+,16+/m1/s1. The van der Waals surface area contributed by atoms with Crippen molar-refractivity contribution in [3.63, 3.8) is 0 Å². The highest BCUT2D eigenvalue weighted by Crippen LogP contribution is 2.08. The van der Waals surface area contributed by atoms with Crippen LogP contribution in [-0.4, -0.2) is 87.8 Å². The fraction of sp³-hybridized carbons (Fsp3) is 0.714. The van der Waals surface area contributed by atoms with Gasteiger partial charge in [-0.05, 0) is 38.5 Å². The predicted molar refractivity (Wildman–Crippen MR) is 129 cm³/mol. The topological polar surface area (TPSA) is 270 Å². The zero-order valence-corrected chi connectivity index (χ0v) is 20.7. The Hall–Kier alpha value is -3.46. The van der Waals surface area contributed by atoms with Crippen molar-refractivity contribution in [2.75, 3.05) is 6.54 Å². The molecule has 0 bridgehead atoms. The highest BCUT2D eigenvalue weighted by molar-refractivity contribution is 5.94. The normalized spacial score (nSPS) is 15.1. The zero-order valence-electron chi connectivity index (χ0n) is 20.7. The average molecular weight is 518 g/mol. The van der Waals surface area contributed by atoms with Crippen molar-refractivity contribution in [1.82, 2.24) is 21.3 Å². The molecule has 0 aromatic rings. The molecule has 0 rings (SSSR count). The first-order valence-corrected chi connectivity index (χ1v) is 11.5. The Balaban J connectivity index is 5.30. The molecule has 0 heterocycles. The molecule has 0 saturated heterocycles. The number of carbonyl (C=O) groups is 5. The van der Waals surface area contributed by atoms with E-state index in [4.69, 9.17) is 22.0 Å². The van der Waals surface area contributed by atoms with Gasteiger partial charge < -0.3 is 48.1 Å². The Bertz CT molecular complexity index is 790. The van der Waals surface area contributed by atoms with Gasteiger partial charge in [-0.1, -0.05) is 13.8 Å². The van der Waals surface area contributed by atoms with Crippen molar-refractivity contribution in [2.24, 2.45) is 17.4 Å². The third-order valence-electron chi connectivity index (χ3n) is 5.01. The summed E-state index contributed by atoms with van der Waals surface area (Å²) in [6.45, 7) is 5.15. The summed E-state index contributed by atoms with van der Waals surface area (Å²) in [5, 5.41) is 44.7. The van der Waals surface area contributed by atoms with Crippen molar-refractivity contribution >= 4 is 35.6 Å². The molecule has 0 saturated carbocycles. The van der Waals surface area contributed by atoms with Crippen LogP contribution in [0.5, 0.6) is 0 Å². The molecule has 0 aromatic carbocycles. The van der Waals surface area contributed by atoms with E-state index < -0.39 is 72.8 Å². The number of amides is 3. The molecular formula is C21H39N7O8. The number of guanidine groups is 1. The third-order valence-corrected chi connectivity index (χ3v) is 5.01. The molecular weight excluding hydrogens is 478 g/mol. The van der Waals surface area contributed by atoms with Gasteiger partial charge in [-0.25, -0.2) is 4.79 Å². The van der Waals surface area contributed by atoms with Crippen molar-refractivity contribution in [3.8, 4) is 0 Å². The van der Waals surface area contributed by atoms with E-state index in [1.165, 1.54) is 6.92 Å². The summed E-state index contributed by atoms with van der Waals surface area (Å²) in [5.41, 5.74) is 11.1. The molecule has 0 spiro atoms. The molecule has 0 aliphatic carbocycles. The lowest BCUT2D eigenvalue weighted by Gasteiger charge is -2.27. The molecule has 0 aliphatic heterocycles. The summed E-state index contributed by atoms with van der Waals surface area (Å²) in [7, 11) is 0. The maximum atomic E-state index is 12.9. The Morgan fingerprint density at radius 2 is 1.47 bits per heavy atom. The molecule has 0 fully saturated rings. The first-order chi connectivity index (χ1) is 16.6. The van der Waals surface area contributed by atoms with E-state index in [-0.39, 0.29) is 24.7 Å². The lowest BCUT2D eigenvalue weighted by atomic mass is 10.0. The maximum Gasteiger partial charge on any atom is 0.326 e. The van der Waals surface area contributed by atoms with E-state index in [0.717, 1.165) is 0 Å². The number of nitrogens with two attached hydrogens (primary N) is 2. The van der Waals surface area contributed by atoms with Gasteiger partial charge in [0.25, 0.3) is 0 Å². The minimum absolute atomic E-state index is 0.0525. The molecule has 0 unspecified atom stereocenters. The number of carboxylic acids is 2. The number of hydrogen-bond donors (Lipinski definition) is 10. The van der Waals surface area contributed by atoms with Crippen molar-refractivity contribution in [1.29, 1.82) is 5.41 Å². The van der Waals surface area contributed by atoms with Crippen molar-refractivity contribution < 1.29 is 39.3 Å². The van der Waals surface area contributed by atoms with Crippen LogP contribution in [0.4, 0.5) is 0 Å². The number of nitrogens with one attached hydrogen (secondary N) is 5. The van der Waals surface area contributed by atoms with Crippen LogP contribution in [0.15, 0.2) is 0 Å². The second-order valence-corrected chi connectivity index (χ2v) is 8.84. The molecule has 206 valence electrons. The van der Waals surface area contributed by atoms with Crippen LogP contribution in [0.25, 0.3) is 0 Å². The van der Waals surface area contributed by atoms with Crippen LogP contribution in [0.2, 0.25) is 0 Å². The van der Waals surface area contributed by atoms with Crippen LogP contribution in [0.3, 0.4) is 0 Å². The molecule has 15 nitrogen and oxygen atoms in total. The van der Waals surface area contributed by atoms with Gasteiger partial charge in [0.1, 0.15) is 18.1 Å². The number of aliphatic carboxylic acids is 2. The number of aliphatic hydroxyl groups excluding tert-OH is 1. The largest absolute Gasteiger partial charge is 0.481 e. The average Bonchev–Trinajstić information content (AvgIpc) is 2.75. The Labute approximate surface area is 209 Å². The van der Waals surface area contributed by atoms with Gasteiger partial charge in [0.2, 0.25) is 17.7 Å². The maximum absolute atomic E-state index is 12.9. The van der Waals surface area contributed by atoms with E-state index in [1.807, 2.05) is 0 Å². The molecule has 12 N–H and O–H groups in total. The third kappa shape index (κ3) is 13.4. The predicted octanol–water partition coefficient (Wildman–Crippen LogP) is -2.59. The first-order valence-electron chi connectivity index (χ1n) is 11.5. The summed E-state index contributed by atoms with van der Waals surface area (Å²) in [4.78, 5) is 60.2. The zero-order chi connectivity index (χ0) is 28.0. The Morgan fingerprint density at radius 1 is 0.889 bits per heavy atom. The summed E-state index contributed by atoms with van der Waals surface area (Å²) < 4.78 is 0. The number of carbonyl (C=O) groups excluding carboxylic acids is 3. The van der Waals surface area contributed by atoms with E-state index in [2.05, 4.69) is 21.3 Å². The molecule has 0 aliphatic rings. The van der Waals surface area contributed by atoms with E-state index >= 15 is 0 Å². The number of carboxylic acid groups (broad SMARTS) is 2. The lowest BCUT2D eigenvalue weighted by molar-refractivity contribution is -0.144. The minimum Gasteiger partial charge on any atom is -0.481 e. The second kappa shape index (κ2) is 16.3. The van der Waals surface area contributed by atoms with Gasteiger partial charge in [-0.15, -0.1) is 0 Å². The smallest absolute Gasteiger partial charge is 0.326 e. The summed E-state index contributed by atoms with van der Waals surface area (Å²) in [6, 6.07) is -5.17. The fourth-order valence-corrected chi connectivity index (χ4v) is 3.10. The van der Waals surface area contributed by atoms with Gasteiger partial charge >= 0.3 is 11.9 Å². The van der Waals surface area contributed by atoms with E-state index in [0.29, 0.717) is 13.0 Å². The number of hydrogen-bond acceptors (Lipinski definition) is 8. The molecule has 3 amide bonds. The van der Waals surface area contributed by atoms with Crippen LogP contribution in [0.1, 0.15) is 52.9 Å². The van der Waals surface area contributed by atoms with Crippen LogP contribution < -0.4 is 32.7 Å². The van der Waals surface area contributed by atoms with Crippen LogP contribution in [0, 0.1) is 11.3 Å². The molecule has 15 heteroatoms. The fourth-order valence-electron chi connectivity index (χ4n) is 3.10. The first kappa shape index (κ1) is 32.5. The van der Waals surface area contributed by atoms with Crippen molar-refractivity contribution in [3.05, 3.63) is 0 Å². The van der Waals surface area contributed by atoms with Crippen LogP contribution in [-0.2, 0) is 24.0 Å². The quantitative estimate of drug-likeness (QED) is 0.0543. The SMILES string of the molecule is CC(C)C[C@H](NC(=O)[C@@H](N)CCCNC(=N)N)C(=O)N[C@H](C(=O)N[C@@H](CCC(=O)O)C(=O)O)[C@@H](C)O. The highest BCUT2D eigenvalue weighted by Gasteiger charge is 2.33. The lowest BCUT2D eigenvalue weighted by Crippen LogP contribution is -2.60. The molecule has 0 aromatic heterocycles. The van der Waals surface area contributed by atoms with Gasteiger partial charge in [0.15, 0.2) is 5.96 Å². The summed E-state index contributed by atoms with van der Waals surface area (Å²) in [5.74, 6) is -5.43. The van der Waals surface area contributed by atoms with E-state index in [1.54, 1.807) is 13.8 Å². The molecule has 36 heavy (non-hydrogen) atoms. The Morgan fingerprint density at radius 3 is 1.94 bits per heavy atom. The van der Waals surface area contributed by atoms with Crippen LogP contribution >= 0.6 is 0 Å². The number of rotatable bonds is 17. The minimum atomic E-state index is -1.57. The second-order valence-electron chi connectivity index (χ2n) is 8.84. The van der Waals surface area contributed by atoms with Gasteiger partial charge in [0.05, 0.1) is 12.1 Å². The highest BCUT2D eigenvalue weighted by atomic mass is 16.4. The monoisotopic (exact) mass is 517 g/mol. The van der Waals surface area contributed by atoms with E-state index in [9.17, 15) is 34.2 Å².